The lowest BCUT2D eigenvalue weighted by molar-refractivity contribution is -0.120. The first kappa shape index (κ1) is 23.6. The number of piperidine rings is 1. The summed E-state index contributed by atoms with van der Waals surface area (Å²) in [5.74, 6) is 0.649. The number of thiophene rings is 1. The molecule has 2 aromatic heterocycles. The maximum absolute atomic E-state index is 13.4. The minimum Gasteiger partial charge on any atom is -0.339 e. The molecule has 0 aliphatic carbocycles. The summed E-state index contributed by atoms with van der Waals surface area (Å²) in [6.45, 7) is 8.23. The third kappa shape index (κ3) is 5.02. The van der Waals surface area contributed by atoms with Gasteiger partial charge in [0.15, 0.2) is 0 Å². The lowest BCUT2D eigenvalue weighted by Gasteiger charge is -2.31. The van der Waals surface area contributed by atoms with E-state index in [0.717, 1.165) is 5.69 Å². The number of carbonyl (C=O) groups is 1. The summed E-state index contributed by atoms with van der Waals surface area (Å²) in [6.07, 6.45) is 1.28. The molecule has 0 spiro atoms. The van der Waals surface area contributed by atoms with E-state index in [9.17, 15) is 13.2 Å². The molecule has 176 valence electrons. The lowest BCUT2D eigenvalue weighted by atomic mass is 9.98. The summed E-state index contributed by atoms with van der Waals surface area (Å²) < 4.78 is 33.3. The van der Waals surface area contributed by atoms with Gasteiger partial charge >= 0.3 is 0 Å². The second-order valence-electron chi connectivity index (χ2n) is 8.64. The van der Waals surface area contributed by atoms with Gasteiger partial charge in [-0.1, -0.05) is 31.1 Å². The number of aromatic nitrogens is 2. The molecular formula is C23H28N4O4S2. The molecule has 0 saturated carbocycles. The molecule has 1 aliphatic heterocycles. The van der Waals surface area contributed by atoms with Gasteiger partial charge in [0.1, 0.15) is 0 Å². The van der Waals surface area contributed by atoms with E-state index in [1.54, 1.807) is 19.9 Å². The number of carbonyl (C=O) groups excluding carboxylic acids is 1. The average molecular weight is 489 g/mol. The topological polar surface area (TPSA) is 105 Å². The van der Waals surface area contributed by atoms with Gasteiger partial charge in [-0.2, -0.15) is 9.29 Å². The molecule has 8 nitrogen and oxygen atoms in total. The van der Waals surface area contributed by atoms with E-state index < -0.39 is 15.9 Å². The molecule has 33 heavy (non-hydrogen) atoms. The molecule has 10 heteroatoms. The molecular weight excluding hydrogens is 460 g/mol. The molecule has 1 amide bonds. The van der Waals surface area contributed by atoms with Gasteiger partial charge in [0.2, 0.25) is 27.6 Å². The van der Waals surface area contributed by atoms with Crippen LogP contribution in [0.25, 0.3) is 10.7 Å². The van der Waals surface area contributed by atoms with E-state index in [0.29, 0.717) is 46.8 Å². The summed E-state index contributed by atoms with van der Waals surface area (Å²) in [6, 6.07) is 9.38. The van der Waals surface area contributed by atoms with E-state index in [-0.39, 0.29) is 17.3 Å². The van der Waals surface area contributed by atoms with Crippen LogP contribution in [0.1, 0.15) is 48.9 Å². The van der Waals surface area contributed by atoms with Crippen molar-refractivity contribution < 1.29 is 17.7 Å². The Bertz CT molecular complexity index is 1250. The van der Waals surface area contributed by atoms with Crippen molar-refractivity contribution in [2.45, 2.75) is 51.3 Å². The Morgan fingerprint density at radius 3 is 2.61 bits per heavy atom. The van der Waals surface area contributed by atoms with Crippen LogP contribution in [0.3, 0.4) is 0 Å². The number of nitrogens with one attached hydrogen (secondary N) is 1. The van der Waals surface area contributed by atoms with Crippen molar-refractivity contribution in [1.29, 1.82) is 0 Å². The second-order valence-corrected chi connectivity index (χ2v) is 11.8. The predicted octanol–water partition coefficient (Wildman–Crippen LogP) is 4.58. The number of amides is 1. The van der Waals surface area contributed by atoms with E-state index in [2.05, 4.69) is 29.3 Å². The molecule has 1 saturated heterocycles. The largest absolute Gasteiger partial charge is 0.339 e. The fraction of sp³-hybridized carbons (Fsp3) is 0.435. The number of hydrogen-bond donors (Lipinski definition) is 1. The van der Waals surface area contributed by atoms with Crippen LogP contribution in [0.15, 0.2) is 39.8 Å². The van der Waals surface area contributed by atoms with Gasteiger partial charge < -0.3 is 9.84 Å². The van der Waals surface area contributed by atoms with Crippen molar-refractivity contribution in [3.05, 3.63) is 46.7 Å². The monoisotopic (exact) mass is 488 g/mol. The summed E-state index contributed by atoms with van der Waals surface area (Å²) in [5.41, 5.74) is 1.92. The highest BCUT2D eigenvalue weighted by molar-refractivity contribution is 7.89. The molecule has 1 atom stereocenters. The molecule has 0 bridgehead atoms. The van der Waals surface area contributed by atoms with Crippen LogP contribution in [0.2, 0.25) is 0 Å². The van der Waals surface area contributed by atoms with Gasteiger partial charge in [-0.3, -0.25) is 4.79 Å². The highest BCUT2D eigenvalue weighted by Gasteiger charge is 2.35. The molecule has 4 rings (SSSR count). The Hall–Kier alpha value is -2.56. The maximum Gasteiger partial charge on any atom is 0.244 e. The highest BCUT2D eigenvalue weighted by atomic mass is 32.2. The van der Waals surface area contributed by atoms with Crippen LogP contribution < -0.4 is 5.32 Å². The summed E-state index contributed by atoms with van der Waals surface area (Å²) in [4.78, 5) is 18.6. The second kappa shape index (κ2) is 9.36. The highest BCUT2D eigenvalue weighted by Crippen LogP contribution is 2.35. The Morgan fingerprint density at radius 2 is 1.97 bits per heavy atom. The third-order valence-corrected chi connectivity index (χ3v) is 9.00. The lowest BCUT2D eigenvalue weighted by Crippen LogP contribution is -2.43. The van der Waals surface area contributed by atoms with E-state index >= 15 is 0 Å². The van der Waals surface area contributed by atoms with Crippen LogP contribution in [-0.4, -0.2) is 41.9 Å². The van der Waals surface area contributed by atoms with Crippen molar-refractivity contribution >= 4 is 33.0 Å². The molecule has 1 fully saturated rings. The van der Waals surface area contributed by atoms with E-state index in [1.807, 2.05) is 24.3 Å². The number of hydrogen-bond acceptors (Lipinski definition) is 7. The van der Waals surface area contributed by atoms with Crippen molar-refractivity contribution in [2.75, 3.05) is 18.4 Å². The molecule has 3 aromatic rings. The van der Waals surface area contributed by atoms with E-state index in [1.165, 1.54) is 21.2 Å². The van der Waals surface area contributed by atoms with Gasteiger partial charge in [-0.25, -0.2) is 8.42 Å². The zero-order chi connectivity index (χ0) is 23.8. The van der Waals surface area contributed by atoms with Crippen LogP contribution in [0, 0.1) is 19.8 Å². The number of rotatable bonds is 6. The van der Waals surface area contributed by atoms with Crippen molar-refractivity contribution in [1.82, 2.24) is 14.4 Å². The molecule has 3 heterocycles. The summed E-state index contributed by atoms with van der Waals surface area (Å²) >= 11 is 1.31. The molecule has 1 aliphatic rings. The number of aryl methyl sites for hydroxylation is 2. The van der Waals surface area contributed by atoms with Crippen LogP contribution in [0.4, 0.5) is 5.69 Å². The number of benzene rings is 1. The predicted molar refractivity (Wildman–Crippen MR) is 128 cm³/mol. The summed E-state index contributed by atoms with van der Waals surface area (Å²) in [5, 5.41) is 6.83. The van der Waals surface area contributed by atoms with Gasteiger partial charge in [-0.05, 0) is 49.4 Å². The van der Waals surface area contributed by atoms with Gasteiger partial charge in [-0.15, -0.1) is 11.3 Å². The zero-order valence-corrected chi connectivity index (χ0v) is 20.8. The standard InChI is InChI=1S/C23H28N4O4S2/c1-14(2)17-7-9-19(10-8-17)25-23(28)18-6-5-11-27(13-18)33(29,30)21-12-20(32-15(21)3)22-24-16(4)31-26-22/h7-10,12,14,18H,5-6,11,13H2,1-4H3,(H,25,28). The van der Waals surface area contributed by atoms with Crippen molar-refractivity contribution in [3.8, 4) is 10.7 Å². The van der Waals surface area contributed by atoms with Crippen molar-refractivity contribution in [3.63, 3.8) is 0 Å². The zero-order valence-electron chi connectivity index (χ0n) is 19.2. The molecule has 1 N–H and O–H groups in total. The Morgan fingerprint density at radius 1 is 1.24 bits per heavy atom. The molecule has 0 radical (unpaired) electrons. The first-order valence-electron chi connectivity index (χ1n) is 11.0. The average Bonchev–Trinajstić information content (AvgIpc) is 3.40. The first-order chi connectivity index (χ1) is 15.6. The smallest absolute Gasteiger partial charge is 0.244 e. The van der Waals surface area contributed by atoms with Crippen LogP contribution in [-0.2, 0) is 14.8 Å². The Balaban J connectivity index is 1.48. The fourth-order valence-electron chi connectivity index (χ4n) is 3.94. The van der Waals surface area contributed by atoms with Gasteiger partial charge in [0, 0.05) is 30.6 Å². The third-order valence-electron chi connectivity index (χ3n) is 5.84. The van der Waals surface area contributed by atoms with Gasteiger partial charge in [0.25, 0.3) is 0 Å². The SMILES string of the molecule is Cc1nc(-c2cc(S(=O)(=O)N3CCCC(C(=O)Nc4ccc(C(C)C)cc4)C3)c(C)s2)no1. The molecule has 1 aromatic carbocycles. The molecule has 1 unspecified atom stereocenters. The quantitative estimate of drug-likeness (QED) is 0.545. The Labute approximate surface area is 198 Å². The number of nitrogens with zero attached hydrogens (tertiary/aromatic N) is 3. The maximum atomic E-state index is 13.4. The van der Waals surface area contributed by atoms with Crippen LogP contribution >= 0.6 is 11.3 Å². The fourth-order valence-corrected chi connectivity index (χ4v) is 6.95. The minimum atomic E-state index is -3.75. The van der Waals surface area contributed by atoms with E-state index in [4.69, 9.17) is 4.52 Å². The van der Waals surface area contributed by atoms with Gasteiger partial charge in [0.05, 0.1) is 15.7 Å². The number of sulfonamides is 1. The van der Waals surface area contributed by atoms with Crippen molar-refractivity contribution in [2.24, 2.45) is 5.92 Å². The normalized spacial score (nSPS) is 17.4. The number of anilines is 1. The Kier molecular flexibility index (Phi) is 6.69. The first-order valence-corrected chi connectivity index (χ1v) is 13.2. The van der Waals surface area contributed by atoms with Crippen LogP contribution in [0.5, 0.6) is 0 Å². The summed E-state index contributed by atoms with van der Waals surface area (Å²) in [7, 11) is -3.75. The minimum absolute atomic E-state index is 0.155.